The molecule has 154 valence electrons. The average molecular weight is 411 g/mol. The quantitative estimate of drug-likeness (QED) is 0.502. The molecule has 0 fully saturated rings. The van der Waals surface area contributed by atoms with Crippen molar-refractivity contribution in [1.82, 2.24) is 14.7 Å². The standard InChI is InChI=1S/C21H18FN3O5/c1-13-18(23-19(29-13)16-4-2-3-5-17(16)22)10-11-28-15-8-6-14(7-9-15)12-25-20(26)24-21(27)30-25/h2-9H,10-12H2,1H3,(H,24,26,27). The van der Waals surface area contributed by atoms with E-state index in [0.29, 0.717) is 35.8 Å². The van der Waals surface area contributed by atoms with Crippen molar-refractivity contribution in [3.8, 4) is 17.2 Å². The smallest absolute Gasteiger partial charge is 0.440 e. The molecule has 8 nitrogen and oxygen atoms in total. The first kappa shape index (κ1) is 19.4. The minimum Gasteiger partial charge on any atom is -0.493 e. The molecule has 1 N–H and O–H groups in total. The van der Waals surface area contributed by atoms with Crippen LogP contribution in [0.1, 0.15) is 17.0 Å². The fraction of sp³-hybridized carbons (Fsp3) is 0.190. The lowest BCUT2D eigenvalue weighted by molar-refractivity contribution is 0.258. The molecule has 0 saturated heterocycles. The van der Waals surface area contributed by atoms with E-state index in [1.54, 1.807) is 49.4 Å². The highest BCUT2D eigenvalue weighted by molar-refractivity contribution is 5.54. The number of aromatic nitrogens is 3. The molecule has 0 saturated carbocycles. The molecule has 4 rings (SSSR count). The largest absolute Gasteiger partial charge is 0.493 e. The molecule has 2 aromatic heterocycles. The van der Waals surface area contributed by atoms with E-state index in [9.17, 15) is 14.0 Å². The highest BCUT2D eigenvalue weighted by atomic mass is 19.1. The van der Waals surface area contributed by atoms with Crippen LogP contribution < -0.4 is 16.2 Å². The third-order valence-electron chi connectivity index (χ3n) is 4.48. The number of halogens is 1. The van der Waals surface area contributed by atoms with Gasteiger partial charge in [-0.15, -0.1) is 4.74 Å². The van der Waals surface area contributed by atoms with Crippen LogP contribution >= 0.6 is 0 Å². The summed E-state index contributed by atoms with van der Waals surface area (Å²) < 4.78 is 30.9. The summed E-state index contributed by atoms with van der Waals surface area (Å²) in [5.41, 5.74) is 1.19. The number of rotatable bonds is 7. The van der Waals surface area contributed by atoms with Gasteiger partial charge in [-0.05, 0) is 36.8 Å². The van der Waals surface area contributed by atoms with Crippen LogP contribution in [0.2, 0.25) is 0 Å². The van der Waals surface area contributed by atoms with E-state index >= 15 is 0 Å². The van der Waals surface area contributed by atoms with Gasteiger partial charge in [0.05, 0.1) is 24.4 Å². The van der Waals surface area contributed by atoms with E-state index in [4.69, 9.17) is 13.7 Å². The Labute approximate surface area is 169 Å². The number of benzene rings is 2. The van der Waals surface area contributed by atoms with Crippen molar-refractivity contribution in [2.75, 3.05) is 6.61 Å². The van der Waals surface area contributed by atoms with E-state index in [1.165, 1.54) is 6.07 Å². The maximum absolute atomic E-state index is 13.9. The summed E-state index contributed by atoms with van der Waals surface area (Å²) in [6.07, 6.45) is 0.495. The predicted molar refractivity (Wildman–Crippen MR) is 105 cm³/mol. The normalized spacial score (nSPS) is 11.0. The summed E-state index contributed by atoms with van der Waals surface area (Å²) in [5.74, 6) is 0.323. The third kappa shape index (κ3) is 4.24. The van der Waals surface area contributed by atoms with Crippen molar-refractivity contribution in [2.24, 2.45) is 0 Å². The Morgan fingerprint density at radius 1 is 1.13 bits per heavy atom. The number of H-pyrrole nitrogens is 1. The van der Waals surface area contributed by atoms with Gasteiger partial charge in [-0.1, -0.05) is 24.3 Å². The predicted octanol–water partition coefficient (Wildman–Crippen LogP) is 2.90. The summed E-state index contributed by atoms with van der Waals surface area (Å²) in [4.78, 5) is 28.9. The molecule has 2 heterocycles. The Hall–Kier alpha value is -3.88. The van der Waals surface area contributed by atoms with E-state index in [0.717, 1.165) is 10.3 Å². The van der Waals surface area contributed by atoms with Crippen LogP contribution in [-0.4, -0.2) is 21.3 Å². The number of ether oxygens (including phenoxy) is 1. The van der Waals surface area contributed by atoms with Crippen LogP contribution in [0.25, 0.3) is 11.5 Å². The summed E-state index contributed by atoms with van der Waals surface area (Å²) in [7, 11) is 0. The fourth-order valence-electron chi connectivity index (χ4n) is 2.95. The highest BCUT2D eigenvalue weighted by Gasteiger charge is 2.14. The Bertz CT molecular complexity index is 1270. The van der Waals surface area contributed by atoms with Crippen LogP contribution in [0.3, 0.4) is 0 Å². The number of hydrogen-bond acceptors (Lipinski definition) is 6. The van der Waals surface area contributed by atoms with Gasteiger partial charge in [0.2, 0.25) is 5.89 Å². The number of oxazole rings is 1. The van der Waals surface area contributed by atoms with Gasteiger partial charge in [0, 0.05) is 6.42 Å². The van der Waals surface area contributed by atoms with Gasteiger partial charge in [-0.3, -0.25) is 0 Å². The Kier molecular flexibility index (Phi) is 5.34. The van der Waals surface area contributed by atoms with Crippen LogP contribution in [0.4, 0.5) is 4.39 Å². The zero-order chi connectivity index (χ0) is 21.1. The molecule has 4 aromatic rings. The topological polar surface area (TPSA) is 103 Å². The second-order valence-electron chi connectivity index (χ2n) is 6.59. The second kappa shape index (κ2) is 8.24. The molecule has 9 heteroatoms. The number of nitrogens with one attached hydrogen (secondary N) is 1. The van der Waals surface area contributed by atoms with Crippen molar-refractivity contribution in [3.63, 3.8) is 0 Å². The maximum Gasteiger partial charge on any atom is 0.440 e. The number of aryl methyl sites for hydroxylation is 1. The van der Waals surface area contributed by atoms with Crippen LogP contribution in [0.5, 0.6) is 5.75 Å². The molecular formula is C21H18FN3O5. The minimum atomic E-state index is -0.790. The molecule has 0 spiro atoms. The molecule has 0 bridgehead atoms. The summed E-state index contributed by atoms with van der Waals surface area (Å²) in [6, 6.07) is 13.4. The third-order valence-corrected chi connectivity index (χ3v) is 4.48. The van der Waals surface area contributed by atoms with Crippen molar-refractivity contribution >= 4 is 0 Å². The monoisotopic (exact) mass is 411 g/mol. The van der Waals surface area contributed by atoms with Gasteiger partial charge in [-0.25, -0.2) is 23.9 Å². The SMILES string of the molecule is Cc1oc(-c2ccccc2F)nc1CCOc1ccc(Cn2oc(=O)[nH]c2=O)cc1. The molecule has 0 radical (unpaired) electrons. The minimum absolute atomic E-state index is 0.134. The first-order valence-corrected chi connectivity index (χ1v) is 9.23. The van der Waals surface area contributed by atoms with E-state index in [1.807, 2.05) is 4.98 Å². The lowest BCUT2D eigenvalue weighted by Gasteiger charge is -2.06. The van der Waals surface area contributed by atoms with E-state index in [2.05, 4.69) is 4.98 Å². The molecular weight excluding hydrogens is 393 g/mol. The highest BCUT2D eigenvalue weighted by Crippen LogP contribution is 2.24. The number of aromatic amines is 1. The molecule has 0 aliphatic carbocycles. The maximum atomic E-state index is 13.9. The summed E-state index contributed by atoms with van der Waals surface area (Å²) >= 11 is 0. The lowest BCUT2D eigenvalue weighted by atomic mass is 10.2. The molecule has 0 aliphatic heterocycles. The van der Waals surface area contributed by atoms with Crippen LogP contribution in [0, 0.1) is 12.7 Å². The summed E-state index contributed by atoms with van der Waals surface area (Å²) in [6.45, 7) is 2.27. The van der Waals surface area contributed by atoms with Crippen molar-refractivity contribution in [1.29, 1.82) is 0 Å². The molecule has 0 aliphatic rings. The average Bonchev–Trinajstić information content (AvgIpc) is 3.24. The van der Waals surface area contributed by atoms with Gasteiger partial charge < -0.3 is 13.7 Å². The van der Waals surface area contributed by atoms with Gasteiger partial charge in [0.15, 0.2) is 0 Å². The van der Waals surface area contributed by atoms with Crippen LogP contribution in [-0.2, 0) is 13.0 Å². The number of nitrogens with zero attached hydrogens (tertiary/aromatic N) is 2. The van der Waals surface area contributed by atoms with Crippen LogP contribution in [0.15, 0.2) is 67.1 Å². The Balaban J connectivity index is 1.35. The molecule has 0 amide bonds. The summed E-state index contributed by atoms with van der Waals surface area (Å²) in [5, 5.41) is 0. The zero-order valence-corrected chi connectivity index (χ0v) is 16.1. The first-order valence-electron chi connectivity index (χ1n) is 9.23. The zero-order valence-electron chi connectivity index (χ0n) is 16.1. The van der Waals surface area contributed by atoms with Gasteiger partial charge in [-0.2, -0.15) is 0 Å². The lowest BCUT2D eigenvalue weighted by Crippen LogP contribution is -2.17. The molecule has 0 atom stereocenters. The van der Waals surface area contributed by atoms with E-state index in [-0.39, 0.29) is 18.3 Å². The fourth-order valence-corrected chi connectivity index (χ4v) is 2.95. The second-order valence-corrected chi connectivity index (χ2v) is 6.59. The molecule has 2 aromatic carbocycles. The first-order chi connectivity index (χ1) is 14.5. The van der Waals surface area contributed by atoms with Gasteiger partial charge in [0.25, 0.3) is 0 Å². The molecule has 30 heavy (non-hydrogen) atoms. The Morgan fingerprint density at radius 3 is 2.60 bits per heavy atom. The molecule has 0 unspecified atom stereocenters. The van der Waals surface area contributed by atoms with E-state index < -0.39 is 11.4 Å². The van der Waals surface area contributed by atoms with Crippen molar-refractivity contribution < 1.29 is 18.1 Å². The Morgan fingerprint density at radius 2 is 1.90 bits per heavy atom. The van der Waals surface area contributed by atoms with Gasteiger partial charge >= 0.3 is 11.4 Å². The van der Waals surface area contributed by atoms with Gasteiger partial charge in [0.1, 0.15) is 17.3 Å². The number of hydrogen-bond donors (Lipinski definition) is 1. The van der Waals surface area contributed by atoms with Crippen molar-refractivity contribution in [2.45, 2.75) is 19.9 Å². The van der Waals surface area contributed by atoms with Crippen molar-refractivity contribution in [3.05, 3.63) is 92.4 Å².